The molecule has 25 heavy (non-hydrogen) atoms. The van der Waals surface area contributed by atoms with Crippen molar-refractivity contribution in [2.45, 2.75) is 6.04 Å². The zero-order chi connectivity index (χ0) is 17.1. The summed E-state index contributed by atoms with van der Waals surface area (Å²) < 4.78 is 5.46. The van der Waals surface area contributed by atoms with E-state index in [9.17, 15) is 4.79 Å². The standard InChI is InChI=1S/C18H20N4O2S/c23-18(13-3-4-14-15(10-13)21-12-20-14)19-11-16(17-2-1-9-25-17)22-5-7-24-8-6-22/h1-4,9-10,12,16H,5-8,11H2,(H,19,23)(H,20,21)/t16-/m1/s1. The summed E-state index contributed by atoms with van der Waals surface area (Å²) in [6, 6.07) is 9.89. The van der Waals surface area contributed by atoms with Crippen LogP contribution in [0.3, 0.4) is 0 Å². The summed E-state index contributed by atoms with van der Waals surface area (Å²) in [4.78, 5) is 23.5. The van der Waals surface area contributed by atoms with Gasteiger partial charge in [0.05, 0.1) is 36.6 Å². The molecule has 0 spiro atoms. The highest BCUT2D eigenvalue weighted by atomic mass is 32.1. The van der Waals surface area contributed by atoms with Crippen LogP contribution in [0, 0.1) is 0 Å². The Labute approximate surface area is 149 Å². The van der Waals surface area contributed by atoms with Gasteiger partial charge < -0.3 is 15.0 Å². The molecule has 1 fully saturated rings. The van der Waals surface area contributed by atoms with Crippen LogP contribution in [0.25, 0.3) is 11.0 Å². The van der Waals surface area contributed by atoms with Crippen LogP contribution >= 0.6 is 11.3 Å². The molecule has 3 aromatic rings. The molecule has 0 saturated carbocycles. The number of thiophene rings is 1. The van der Waals surface area contributed by atoms with Crippen LogP contribution in [0.15, 0.2) is 42.0 Å². The Bertz CT molecular complexity index is 840. The van der Waals surface area contributed by atoms with Gasteiger partial charge in [-0.2, -0.15) is 0 Å². The van der Waals surface area contributed by atoms with Crippen LogP contribution in [0.1, 0.15) is 21.3 Å². The second kappa shape index (κ2) is 7.35. The number of nitrogens with one attached hydrogen (secondary N) is 2. The number of fused-ring (bicyclic) bond motifs is 1. The van der Waals surface area contributed by atoms with Crippen LogP contribution in [-0.2, 0) is 4.74 Å². The van der Waals surface area contributed by atoms with Crippen molar-refractivity contribution in [2.24, 2.45) is 0 Å². The number of nitrogens with zero attached hydrogens (tertiary/aromatic N) is 2. The molecule has 2 aromatic heterocycles. The van der Waals surface area contributed by atoms with E-state index < -0.39 is 0 Å². The van der Waals surface area contributed by atoms with Crippen molar-refractivity contribution in [2.75, 3.05) is 32.8 Å². The predicted octanol–water partition coefficient (Wildman–Crippen LogP) is 2.43. The lowest BCUT2D eigenvalue weighted by Gasteiger charge is -2.34. The Balaban J connectivity index is 1.47. The van der Waals surface area contributed by atoms with Crippen LogP contribution in [-0.4, -0.2) is 53.6 Å². The molecule has 0 radical (unpaired) electrons. The summed E-state index contributed by atoms with van der Waals surface area (Å²) in [6.07, 6.45) is 1.64. The van der Waals surface area contributed by atoms with E-state index in [1.165, 1.54) is 4.88 Å². The third-order valence-electron chi connectivity index (χ3n) is 4.50. The van der Waals surface area contributed by atoms with Gasteiger partial charge in [-0.1, -0.05) is 6.07 Å². The van der Waals surface area contributed by atoms with E-state index in [4.69, 9.17) is 4.74 Å². The maximum absolute atomic E-state index is 12.6. The number of carbonyl (C=O) groups is 1. The summed E-state index contributed by atoms with van der Waals surface area (Å²) >= 11 is 1.73. The monoisotopic (exact) mass is 356 g/mol. The number of rotatable bonds is 5. The lowest BCUT2D eigenvalue weighted by atomic mass is 10.1. The molecule has 0 unspecified atom stereocenters. The Morgan fingerprint density at radius 1 is 1.36 bits per heavy atom. The van der Waals surface area contributed by atoms with E-state index in [2.05, 4.69) is 37.7 Å². The normalized spacial score (nSPS) is 16.8. The minimum atomic E-state index is -0.0636. The number of aromatic nitrogens is 2. The minimum absolute atomic E-state index is 0.0636. The van der Waals surface area contributed by atoms with Gasteiger partial charge in [0, 0.05) is 30.1 Å². The maximum Gasteiger partial charge on any atom is 0.251 e. The second-order valence-electron chi connectivity index (χ2n) is 6.02. The van der Waals surface area contributed by atoms with Crippen molar-refractivity contribution in [3.63, 3.8) is 0 Å². The van der Waals surface area contributed by atoms with E-state index in [1.54, 1.807) is 17.7 Å². The Morgan fingerprint density at radius 2 is 2.24 bits per heavy atom. The number of imidazole rings is 1. The number of benzene rings is 1. The molecule has 6 nitrogen and oxygen atoms in total. The zero-order valence-electron chi connectivity index (χ0n) is 13.8. The molecule has 130 valence electrons. The molecule has 1 amide bonds. The van der Waals surface area contributed by atoms with Gasteiger partial charge in [-0.15, -0.1) is 11.3 Å². The predicted molar refractivity (Wildman–Crippen MR) is 97.9 cm³/mol. The van der Waals surface area contributed by atoms with Crippen LogP contribution < -0.4 is 5.32 Å². The first kappa shape index (κ1) is 16.3. The lowest BCUT2D eigenvalue weighted by Crippen LogP contribution is -2.43. The first-order valence-electron chi connectivity index (χ1n) is 8.38. The molecule has 1 aliphatic heterocycles. The number of morpholine rings is 1. The zero-order valence-corrected chi connectivity index (χ0v) is 14.6. The number of hydrogen-bond donors (Lipinski definition) is 2. The number of hydrogen-bond acceptors (Lipinski definition) is 5. The highest BCUT2D eigenvalue weighted by Crippen LogP contribution is 2.25. The Morgan fingerprint density at radius 3 is 3.04 bits per heavy atom. The van der Waals surface area contributed by atoms with Crippen LogP contribution in [0.2, 0.25) is 0 Å². The van der Waals surface area contributed by atoms with Gasteiger partial charge in [-0.25, -0.2) is 4.98 Å². The van der Waals surface area contributed by atoms with E-state index in [0.717, 1.165) is 37.3 Å². The second-order valence-corrected chi connectivity index (χ2v) is 7.00. The van der Waals surface area contributed by atoms with E-state index in [1.807, 2.05) is 18.2 Å². The van der Waals surface area contributed by atoms with Crippen molar-refractivity contribution in [1.29, 1.82) is 0 Å². The molecule has 1 saturated heterocycles. The van der Waals surface area contributed by atoms with Gasteiger partial charge in [0.25, 0.3) is 5.91 Å². The topological polar surface area (TPSA) is 70.2 Å². The van der Waals surface area contributed by atoms with Gasteiger partial charge in [0.2, 0.25) is 0 Å². The van der Waals surface area contributed by atoms with Crippen molar-refractivity contribution in [1.82, 2.24) is 20.2 Å². The molecule has 1 atom stereocenters. The molecule has 7 heteroatoms. The molecule has 4 rings (SSSR count). The third-order valence-corrected chi connectivity index (χ3v) is 5.47. The summed E-state index contributed by atoms with van der Waals surface area (Å²) in [5, 5.41) is 5.17. The Hall–Kier alpha value is -2.22. The van der Waals surface area contributed by atoms with Crippen LogP contribution in [0.5, 0.6) is 0 Å². The van der Waals surface area contributed by atoms with Crippen molar-refractivity contribution in [3.05, 3.63) is 52.5 Å². The maximum atomic E-state index is 12.6. The van der Waals surface area contributed by atoms with E-state index >= 15 is 0 Å². The SMILES string of the molecule is O=C(NC[C@H](c1cccs1)N1CCOCC1)c1ccc2nc[nH]c2c1. The van der Waals surface area contributed by atoms with E-state index in [0.29, 0.717) is 12.1 Å². The summed E-state index contributed by atoms with van der Waals surface area (Å²) in [7, 11) is 0. The van der Waals surface area contributed by atoms with Gasteiger partial charge in [0.1, 0.15) is 0 Å². The van der Waals surface area contributed by atoms with Crippen molar-refractivity contribution in [3.8, 4) is 0 Å². The third kappa shape index (κ3) is 3.58. The van der Waals surface area contributed by atoms with Crippen molar-refractivity contribution >= 4 is 28.3 Å². The summed E-state index contributed by atoms with van der Waals surface area (Å²) in [6.45, 7) is 3.84. The molecular weight excluding hydrogens is 336 g/mol. The average Bonchev–Trinajstić information content (AvgIpc) is 3.34. The Kier molecular flexibility index (Phi) is 4.78. The van der Waals surface area contributed by atoms with Crippen LogP contribution in [0.4, 0.5) is 0 Å². The quantitative estimate of drug-likeness (QED) is 0.737. The smallest absolute Gasteiger partial charge is 0.251 e. The van der Waals surface area contributed by atoms with Crippen molar-refractivity contribution < 1.29 is 9.53 Å². The minimum Gasteiger partial charge on any atom is -0.379 e. The fourth-order valence-electron chi connectivity index (χ4n) is 3.15. The summed E-state index contributed by atoms with van der Waals surface area (Å²) in [5.74, 6) is -0.0636. The molecule has 1 aliphatic rings. The van der Waals surface area contributed by atoms with Gasteiger partial charge in [0.15, 0.2) is 0 Å². The molecule has 0 bridgehead atoms. The fourth-order valence-corrected chi connectivity index (χ4v) is 4.01. The molecule has 2 N–H and O–H groups in total. The fraction of sp³-hybridized carbons (Fsp3) is 0.333. The largest absolute Gasteiger partial charge is 0.379 e. The first-order chi connectivity index (χ1) is 12.3. The van der Waals surface area contributed by atoms with E-state index in [-0.39, 0.29) is 11.9 Å². The highest BCUT2D eigenvalue weighted by Gasteiger charge is 2.24. The molecule has 0 aliphatic carbocycles. The number of H-pyrrole nitrogens is 1. The van der Waals surface area contributed by atoms with Gasteiger partial charge in [-0.3, -0.25) is 9.69 Å². The van der Waals surface area contributed by atoms with Gasteiger partial charge in [-0.05, 0) is 29.6 Å². The summed E-state index contributed by atoms with van der Waals surface area (Å²) in [5.41, 5.74) is 2.38. The lowest BCUT2D eigenvalue weighted by molar-refractivity contribution is 0.0169. The molecule has 1 aromatic carbocycles. The number of amides is 1. The number of aromatic amines is 1. The number of ether oxygens (including phenoxy) is 1. The number of carbonyl (C=O) groups excluding carboxylic acids is 1. The molecule has 3 heterocycles. The molecular formula is C18H20N4O2S. The average molecular weight is 356 g/mol. The first-order valence-corrected chi connectivity index (χ1v) is 9.26. The van der Waals surface area contributed by atoms with Gasteiger partial charge >= 0.3 is 0 Å². The highest BCUT2D eigenvalue weighted by molar-refractivity contribution is 7.10.